The van der Waals surface area contributed by atoms with Crippen LogP contribution in [0.4, 0.5) is 5.69 Å². The molecule has 1 aromatic rings. The van der Waals surface area contributed by atoms with Crippen LogP contribution < -0.4 is 20.4 Å². The molecule has 0 aromatic heterocycles. The van der Waals surface area contributed by atoms with E-state index < -0.39 is 0 Å². The molecule has 0 amide bonds. The highest BCUT2D eigenvalue weighted by molar-refractivity contribution is 5.56. The van der Waals surface area contributed by atoms with Crippen LogP contribution in [0.3, 0.4) is 0 Å². The molecule has 0 unspecified atom stereocenters. The van der Waals surface area contributed by atoms with Crippen LogP contribution in [0.1, 0.15) is 13.8 Å². The third kappa shape index (κ3) is 2.53. The zero-order valence-corrected chi connectivity index (χ0v) is 9.49. The molecule has 1 rings (SSSR count). The summed E-state index contributed by atoms with van der Waals surface area (Å²) in [6.07, 6.45) is 0. The van der Waals surface area contributed by atoms with Gasteiger partial charge in [-0.25, -0.2) is 0 Å². The Balaban J connectivity index is 3.01. The molecule has 0 bridgehead atoms. The van der Waals surface area contributed by atoms with E-state index in [1.165, 1.54) is 0 Å². The zero-order chi connectivity index (χ0) is 11.3. The van der Waals surface area contributed by atoms with Crippen molar-refractivity contribution in [2.24, 2.45) is 5.90 Å². The Morgan fingerprint density at radius 1 is 1.20 bits per heavy atom. The van der Waals surface area contributed by atoms with Crippen molar-refractivity contribution < 1.29 is 9.57 Å². The molecule has 0 saturated carbocycles. The molecule has 0 aliphatic carbocycles. The summed E-state index contributed by atoms with van der Waals surface area (Å²) in [6.45, 7) is 6.15. The molecule has 15 heavy (non-hydrogen) atoms. The number of rotatable bonds is 5. The summed E-state index contributed by atoms with van der Waals surface area (Å²) in [7, 11) is 1.60. The molecule has 2 N–H and O–H groups in total. The van der Waals surface area contributed by atoms with Gasteiger partial charge < -0.3 is 14.5 Å². The highest BCUT2D eigenvalue weighted by Gasteiger charge is 2.08. The lowest BCUT2D eigenvalue weighted by Gasteiger charge is -2.21. The maximum atomic E-state index is 5.18. The van der Waals surface area contributed by atoms with Crippen molar-refractivity contribution in [3.8, 4) is 11.5 Å². The molecule has 0 aliphatic rings. The van der Waals surface area contributed by atoms with Crippen LogP contribution in [0.15, 0.2) is 18.2 Å². The topological polar surface area (TPSA) is 47.7 Å². The second-order valence-corrected chi connectivity index (χ2v) is 3.13. The van der Waals surface area contributed by atoms with Crippen molar-refractivity contribution >= 4 is 5.69 Å². The predicted octanol–water partition coefficient (Wildman–Crippen LogP) is 1.79. The van der Waals surface area contributed by atoms with Gasteiger partial charge in [-0.3, -0.25) is 0 Å². The van der Waals surface area contributed by atoms with Crippen molar-refractivity contribution in [2.45, 2.75) is 13.8 Å². The molecule has 0 saturated heterocycles. The maximum absolute atomic E-state index is 5.18. The monoisotopic (exact) mass is 210 g/mol. The van der Waals surface area contributed by atoms with E-state index in [0.717, 1.165) is 18.8 Å². The molecule has 4 nitrogen and oxygen atoms in total. The summed E-state index contributed by atoms with van der Waals surface area (Å²) in [5.41, 5.74) is 1.11. The Morgan fingerprint density at radius 2 is 1.87 bits per heavy atom. The van der Waals surface area contributed by atoms with Gasteiger partial charge in [-0.05, 0) is 26.0 Å². The largest absolute Gasteiger partial charge is 0.493 e. The highest BCUT2D eigenvalue weighted by Crippen LogP contribution is 2.30. The smallest absolute Gasteiger partial charge is 0.188 e. The molecule has 0 heterocycles. The molecule has 0 spiro atoms. The summed E-state index contributed by atoms with van der Waals surface area (Å²) < 4.78 is 5.18. The summed E-state index contributed by atoms with van der Waals surface area (Å²) in [4.78, 5) is 6.92. The first-order chi connectivity index (χ1) is 7.26. The standard InChI is InChI=1S/C11H18N2O2/c1-4-13(5-2)9-6-7-10(15-12)11(8-9)14-3/h6-8H,4-5,12H2,1-3H3. The van der Waals surface area contributed by atoms with Gasteiger partial charge in [0, 0.05) is 24.8 Å². The number of hydrogen-bond donors (Lipinski definition) is 1. The molecule has 0 atom stereocenters. The van der Waals surface area contributed by atoms with E-state index >= 15 is 0 Å². The Labute approximate surface area is 90.5 Å². The molecule has 1 aromatic carbocycles. The van der Waals surface area contributed by atoms with E-state index in [1.807, 2.05) is 18.2 Å². The lowest BCUT2D eigenvalue weighted by molar-refractivity contribution is 0.306. The fourth-order valence-electron chi connectivity index (χ4n) is 1.54. The van der Waals surface area contributed by atoms with Crippen LogP contribution in [-0.4, -0.2) is 20.2 Å². The van der Waals surface area contributed by atoms with Gasteiger partial charge in [0.05, 0.1) is 7.11 Å². The van der Waals surface area contributed by atoms with E-state index in [2.05, 4.69) is 18.7 Å². The minimum absolute atomic E-state index is 0.549. The maximum Gasteiger partial charge on any atom is 0.188 e. The zero-order valence-electron chi connectivity index (χ0n) is 9.49. The normalized spacial score (nSPS) is 9.87. The molecule has 84 valence electrons. The fourth-order valence-corrected chi connectivity index (χ4v) is 1.54. The van der Waals surface area contributed by atoms with Crippen molar-refractivity contribution in [1.82, 2.24) is 0 Å². The van der Waals surface area contributed by atoms with Gasteiger partial charge in [0.2, 0.25) is 0 Å². The summed E-state index contributed by atoms with van der Waals surface area (Å²) in [6, 6.07) is 5.71. The molecule has 0 aliphatic heterocycles. The second kappa shape index (κ2) is 5.46. The van der Waals surface area contributed by atoms with Gasteiger partial charge in [0.25, 0.3) is 0 Å². The highest BCUT2D eigenvalue weighted by atomic mass is 16.6. The quantitative estimate of drug-likeness (QED) is 0.753. The minimum atomic E-state index is 0.549. The third-order valence-electron chi connectivity index (χ3n) is 2.40. The van der Waals surface area contributed by atoms with Crippen molar-refractivity contribution in [3.05, 3.63) is 18.2 Å². The van der Waals surface area contributed by atoms with Crippen LogP contribution in [0.2, 0.25) is 0 Å². The van der Waals surface area contributed by atoms with Gasteiger partial charge in [-0.1, -0.05) is 0 Å². The first-order valence-electron chi connectivity index (χ1n) is 5.06. The molecule has 4 heteroatoms. The summed E-state index contributed by atoms with van der Waals surface area (Å²) >= 11 is 0. The van der Waals surface area contributed by atoms with Crippen molar-refractivity contribution in [1.29, 1.82) is 0 Å². The molecular weight excluding hydrogens is 192 g/mol. The average molecular weight is 210 g/mol. The number of methoxy groups -OCH3 is 1. The van der Waals surface area contributed by atoms with E-state index in [0.29, 0.717) is 11.5 Å². The van der Waals surface area contributed by atoms with Crippen molar-refractivity contribution in [2.75, 3.05) is 25.1 Å². The van der Waals surface area contributed by atoms with Crippen LogP contribution in [0.5, 0.6) is 11.5 Å². The van der Waals surface area contributed by atoms with E-state index in [-0.39, 0.29) is 0 Å². The average Bonchev–Trinajstić information content (AvgIpc) is 2.30. The second-order valence-electron chi connectivity index (χ2n) is 3.13. The SMILES string of the molecule is CCN(CC)c1ccc(ON)c(OC)c1. The van der Waals surface area contributed by atoms with Crippen molar-refractivity contribution in [3.63, 3.8) is 0 Å². The Kier molecular flexibility index (Phi) is 4.24. The predicted molar refractivity (Wildman–Crippen MR) is 61.4 cm³/mol. The third-order valence-corrected chi connectivity index (χ3v) is 2.40. The number of anilines is 1. The van der Waals surface area contributed by atoms with Crippen LogP contribution >= 0.6 is 0 Å². The van der Waals surface area contributed by atoms with Gasteiger partial charge >= 0.3 is 0 Å². The minimum Gasteiger partial charge on any atom is -0.493 e. The van der Waals surface area contributed by atoms with E-state index in [9.17, 15) is 0 Å². The van der Waals surface area contributed by atoms with E-state index in [4.69, 9.17) is 15.5 Å². The fraction of sp³-hybridized carbons (Fsp3) is 0.455. The van der Waals surface area contributed by atoms with E-state index in [1.54, 1.807) is 7.11 Å². The number of benzene rings is 1. The van der Waals surface area contributed by atoms with Crippen LogP contribution in [-0.2, 0) is 0 Å². The molecule has 0 radical (unpaired) electrons. The number of nitrogens with zero attached hydrogens (tertiary/aromatic N) is 1. The van der Waals surface area contributed by atoms with Gasteiger partial charge in [-0.2, -0.15) is 5.90 Å². The summed E-state index contributed by atoms with van der Waals surface area (Å²) in [5.74, 6) is 6.33. The summed E-state index contributed by atoms with van der Waals surface area (Å²) in [5, 5.41) is 0. The molecule has 0 fully saturated rings. The Hall–Kier alpha value is -1.42. The lowest BCUT2D eigenvalue weighted by atomic mass is 10.2. The Morgan fingerprint density at radius 3 is 2.33 bits per heavy atom. The van der Waals surface area contributed by atoms with Crippen LogP contribution in [0.25, 0.3) is 0 Å². The Bertz CT molecular complexity index is 311. The number of hydrogen-bond acceptors (Lipinski definition) is 4. The van der Waals surface area contributed by atoms with Crippen LogP contribution in [0, 0.1) is 0 Å². The number of nitrogens with two attached hydrogens (primary N) is 1. The number of ether oxygens (including phenoxy) is 1. The van der Waals surface area contributed by atoms with Gasteiger partial charge in [0.1, 0.15) is 0 Å². The first-order valence-corrected chi connectivity index (χ1v) is 5.06. The van der Waals surface area contributed by atoms with Gasteiger partial charge in [-0.15, -0.1) is 0 Å². The molecular formula is C11H18N2O2. The lowest BCUT2D eigenvalue weighted by Crippen LogP contribution is -2.21. The van der Waals surface area contributed by atoms with Gasteiger partial charge in [0.15, 0.2) is 11.5 Å². The first kappa shape index (κ1) is 11.7.